The third-order valence-corrected chi connectivity index (χ3v) is 6.71. The van der Waals surface area contributed by atoms with Crippen LogP contribution in [0.1, 0.15) is 16.6 Å². The minimum absolute atomic E-state index is 0.234. The number of rotatable bonds is 4. The lowest BCUT2D eigenvalue weighted by Gasteiger charge is -2.29. The number of nitrogens with zero attached hydrogens (tertiary/aromatic N) is 4. The number of benzene rings is 1. The van der Waals surface area contributed by atoms with E-state index >= 15 is 0 Å². The number of anilines is 1. The number of carbonyl (C=O) groups excluding carboxylic acids is 1. The fourth-order valence-corrected chi connectivity index (χ4v) is 5.24. The molecule has 2 aliphatic heterocycles. The van der Waals surface area contributed by atoms with Crippen molar-refractivity contribution >= 4 is 34.7 Å². The van der Waals surface area contributed by atoms with E-state index in [1.807, 2.05) is 6.07 Å². The van der Waals surface area contributed by atoms with Gasteiger partial charge in [-0.3, -0.25) is 9.36 Å². The first-order valence-electron chi connectivity index (χ1n) is 8.75. The van der Waals surface area contributed by atoms with Crippen molar-refractivity contribution in [2.45, 2.75) is 23.2 Å². The standard InChI is InChI=1S/C18H17N5O4S/c24-6-18-7-28-12(13(18)25)17(27-18)23-9-21-11-14(19-8-20-15(11)23)22-16(26)10-4-2-1-3-5-10/h1-5,8-9,12-13,17,24-25H,6-7H2,(H,19,20,22,26)/t12?,13?,17-,18-/m1/s1. The minimum atomic E-state index is -0.964. The van der Waals surface area contributed by atoms with Gasteiger partial charge in [0.25, 0.3) is 5.91 Å². The van der Waals surface area contributed by atoms with Crippen molar-refractivity contribution < 1.29 is 19.7 Å². The maximum Gasteiger partial charge on any atom is 0.256 e. The summed E-state index contributed by atoms with van der Waals surface area (Å²) < 4.78 is 7.72. The molecule has 2 unspecified atom stereocenters. The highest BCUT2D eigenvalue weighted by molar-refractivity contribution is 8.00. The molecule has 9 nitrogen and oxygen atoms in total. The molecule has 2 fully saturated rings. The maximum absolute atomic E-state index is 12.5. The average molecular weight is 399 g/mol. The predicted octanol–water partition coefficient (Wildman–Crippen LogP) is 0.815. The van der Waals surface area contributed by atoms with E-state index in [9.17, 15) is 15.0 Å². The third kappa shape index (κ3) is 2.53. The van der Waals surface area contributed by atoms with Crippen molar-refractivity contribution in [3.63, 3.8) is 0 Å². The predicted molar refractivity (Wildman–Crippen MR) is 102 cm³/mol. The number of fused-ring (bicyclic) bond motifs is 3. The van der Waals surface area contributed by atoms with Crippen LogP contribution in [0.3, 0.4) is 0 Å². The molecule has 3 N–H and O–H groups in total. The van der Waals surface area contributed by atoms with Gasteiger partial charge in [-0.15, -0.1) is 11.8 Å². The van der Waals surface area contributed by atoms with Gasteiger partial charge in [0.2, 0.25) is 0 Å². The lowest BCUT2D eigenvalue weighted by Crippen LogP contribution is -2.43. The Morgan fingerprint density at radius 1 is 1.32 bits per heavy atom. The molecule has 5 rings (SSSR count). The van der Waals surface area contributed by atoms with Gasteiger partial charge in [0.05, 0.1) is 18.2 Å². The fraction of sp³-hybridized carbons (Fsp3) is 0.333. The molecular weight excluding hydrogens is 382 g/mol. The van der Waals surface area contributed by atoms with Crippen LogP contribution in [0.5, 0.6) is 0 Å². The van der Waals surface area contributed by atoms with Crippen molar-refractivity contribution in [3.8, 4) is 0 Å². The van der Waals surface area contributed by atoms with Crippen molar-refractivity contribution in [1.82, 2.24) is 19.5 Å². The molecule has 144 valence electrons. The number of aliphatic hydroxyl groups is 2. The molecule has 3 aromatic rings. The first kappa shape index (κ1) is 17.6. The Morgan fingerprint density at radius 3 is 2.89 bits per heavy atom. The first-order chi connectivity index (χ1) is 13.6. The number of hydrogen-bond acceptors (Lipinski definition) is 8. The number of aliphatic hydroxyl groups excluding tert-OH is 2. The number of aromatic nitrogens is 4. The highest BCUT2D eigenvalue weighted by Gasteiger charge is 2.60. The molecule has 2 bridgehead atoms. The second-order valence-electron chi connectivity index (χ2n) is 6.82. The molecule has 2 aromatic heterocycles. The summed E-state index contributed by atoms with van der Waals surface area (Å²) in [6.45, 7) is -0.256. The van der Waals surface area contributed by atoms with Crippen LogP contribution >= 0.6 is 11.8 Å². The number of hydrogen-bond donors (Lipinski definition) is 3. The molecule has 0 spiro atoms. The molecule has 1 amide bonds. The van der Waals surface area contributed by atoms with Crippen LogP contribution in [-0.2, 0) is 4.74 Å². The molecule has 0 aliphatic carbocycles. The number of carbonyl (C=O) groups is 1. The molecule has 2 saturated heterocycles. The van der Waals surface area contributed by atoms with E-state index in [1.165, 1.54) is 6.33 Å². The summed E-state index contributed by atoms with van der Waals surface area (Å²) >= 11 is 1.55. The van der Waals surface area contributed by atoms with Gasteiger partial charge in [-0.2, -0.15) is 0 Å². The monoisotopic (exact) mass is 399 g/mol. The largest absolute Gasteiger partial charge is 0.393 e. The van der Waals surface area contributed by atoms with Crippen LogP contribution in [-0.4, -0.2) is 65.0 Å². The normalized spacial score (nSPS) is 28.7. The van der Waals surface area contributed by atoms with Gasteiger partial charge in [-0.05, 0) is 12.1 Å². The second-order valence-corrected chi connectivity index (χ2v) is 7.98. The van der Waals surface area contributed by atoms with Crippen LogP contribution in [0, 0.1) is 0 Å². The topological polar surface area (TPSA) is 122 Å². The summed E-state index contributed by atoms with van der Waals surface area (Å²) in [5.74, 6) is 0.536. The summed E-state index contributed by atoms with van der Waals surface area (Å²) in [5.41, 5.74) is 0.454. The van der Waals surface area contributed by atoms with E-state index in [0.29, 0.717) is 28.3 Å². The number of nitrogens with one attached hydrogen (secondary N) is 1. The zero-order chi connectivity index (χ0) is 19.3. The van der Waals surface area contributed by atoms with Gasteiger partial charge >= 0.3 is 0 Å². The summed E-state index contributed by atoms with van der Waals surface area (Å²) in [4.78, 5) is 25.2. The fourth-order valence-electron chi connectivity index (χ4n) is 3.65. The van der Waals surface area contributed by atoms with Crippen molar-refractivity contribution in [3.05, 3.63) is 48.5 Å². The number of imidazole rings is 1. The van der Waals surface area contributed by atoms with Gasteiger partial charge in [0, 0.05) is 11.3 Å². The van der Waals surface area contributed by atoms with Gasteiger partial charge in [-0.1, -0.05) is 18.2 Å². The zero-order valence-corrected chi connectivity index (χ0v) is 15.4. The Bertz CT molecular complexity index is 1040. The van der Waals surface area contributed by atoms with E-state index in [2.05, 4.69) is 20.3 Å². The molecule has 4 atom stereocenters. The summed E-state index contributed by atoms with van der Waals surface area (Å²) in [5, 5.41) is 22.7. The Morgan fingerprint density at radius 2 is 2.14 bits per heavy atom. The van der Waals surface area contributed by atoms with Crippen molar-refractivity contribution in [1.29, 1.82) is 0 Å². The first-order valence-corrected chi connectivity index (χ1v) is 9.80. The third-order valence-electron chi connectivity index (χ3n) is 5.18. The molecular formula is C18H17N5O4S. The van der Waals surface area contributed by atoms with Gasteiger partial charge in [0.15, 0.2) is 23.2 Å². The number of ether oxygens (including phenoxy) is 1. The van der Waals surface area contributed by atoms with E-state index in [4.69, 9.17) is 4.74 Å². The summed E-state index contributed by atoms with van der Waals surface area (Å²) in [6.07, 6.45) is 1.61. The highest BCUT2D eigenvalue weighted by atomic mass is 32.2. The van der Waals surface area contributed by atoms with Crippen LogP contribution in [0.25, 0.3) is 11.2 Å². The van der Waals surface area contributed by atoms with Crippen LogP contribution in [0.4, 0.5) is 5.82 Å². The number of thioether (sulfide) groups is 1. The van der Waals surface area contributed by atoms with Gasteiger partial charge in [0.1, 0.15) is 18.0 Å². The molecule has 2 aliphatic rings. The van der Waals surface area contributed by atoms with Crippen molar-refractivity contribution in [2.24, 2.45) is 0 Å². The lowest BCUT2D eigenvalue weighted by molar-refractivity contribution is -0.112. The Hall–Kier alpha value is -2.53. The van der Waals surface area contributed by atoms with Crippen LogP contribution < -0.4 is 5.32 Å². The summed E-state index contributed by atoms with van der Waals surface area (Å²) in [7, 11) is 0. The molecule has 4 heterocycles. The van der Waals surface area contributed by atoms with E-state index < -0.39 is 17.9 Å². The molecule has 0 saturated carbocycles. The molecule has 10 heteroatoms. The smallest absolute Gasteiger partial charge is 0.256 e. The number of amides is 1. The van der Waals surface area contributed by atoms with Crippen LogP contribution in [0.15, 0.2) is 43.0 Å². The lowest BCUT2D eigenvalue weighted by atomic mass is 10.0. The SMILES string of the molecule is O=C(Nc1ncnc2c1ncn2[C@@H]1O[C@]2(CO)CSC1C2O)c1ccccc1. The quantitative estimate of drug-likeness (QED) is 0.589. The van der Waals surface area contributed by atoms with E-state index in [-0.39, 0.29) is 17.8 Å². The van der Waals surface area contributed by atoms with Crippen molar-refractivity contribution in [2.75, 3.05) is 17.7 Å². The highest BCUT2D eigenvalue weighted by Crippen LogP contribution is 2.52. The second kappa shape index (κ2) is 6.52. The minimum Gasteiger partial charge on any atom is -0.393 e. The van der Waals surface area contributed by atoms with E-state index in [0.717, 1.165) is 0 Å². The molecule has 28 heavy (non-hydrogen) atoms. The Kier molecular flexibility index (Phi) is 4.09. The van der Waals surface area contributed by atoms with Gasteiger partial charge < -0.3 is 20.3 Å². The average Bonchev–Trinajstić information content (AvgIpc) is 3.39. The van der Waals surface area contributed by atoms with E-state index in [1.54, 1.807) is 46.9 Å². The Labute approximate surface area is 163 Å². The molecule has 0 radical (unpaired) electrons. The Balaban J connectivity index is 1.48. The molecule has 1 aromatic carbocycles. The zero-order valence-electron chi connectivity index (χ0n) is 14.6. The van der Waals surface area contributed by atoms with Gasteiger partial charge in [-0.25, -0.2) is 15.0 Å². The van der Waals surface area contributed by atoms with Crippen LogP contribution in [0.2, 0.25) is 0 Å². The summed E-state index contributed by atoms with van der Waals surface area (Å²) in [6, 6.07) is 8.82. The maximum atomic E-state index is 12.5.